The number of hydrogen-bond donors (Lipinski definition) is 2. The third-order valence-corrected chi connectivity index (χ3v) is 7.67. The van der Waals surface area contributed by atoms with Crippen molar-refractivity contribution in [2.45, 2.75) is 57.4 Å². The maximum atomic E-state index is 13.2. The molecule has 1 amide bonds. The van der Waals surface area contributed by atoms with Gasteiger partial charge in [0.1, 0.15) is 0 Å². The van der Waals surface area contributed by atoms with E-state index in [-0.39, 0.29) is 23.8 Å². The topological polar surface area (TPSA) is 69.6 Å². The summed E-state index contributed by atoms with van der Waals surface area (Å²) in [7, 11) is 0. The Hall–Kier alpha value is -3.44. The Morgan fingerprint density at radius 3 is 2.27 bits per heavy atom. The molecule has 4 rings (SSSR count). The molecule has 1 fully saturated rings. The first-order chi connectivity index (χ1) is 17.8. The monoisotopic (exact) mass is 498 g/mol. The van der Waals surface area contributed by atoms with Crippen molar-refractivity contribution in [3.05, 3.63) is 95.6 Å². The van der Waals surface area contributed by atoms with Crippen molar-refractivity contribution in [3.63, 3.8) is 0 Å². The Labute approximate surface area is 220 Å². The molecule has 1 aliphatic rings. The first kappa shape index (κ1) is 26.6. The lowest BCUT2D eigenvalue weighted by atomic mass is 9.76. The van der Waals surface area contributed by atoms with Gasteiger partial charge in [-0.05, 0) is 61.9 Å². The SMILES string of the molecule is Cc1ccc(-c2ccccc2C(=O)NC2CCN(CCCC(C)(CC(=O)O)c3ccccc3)CC2)cc1. The van der Waals surface area contributed by atoms with E-state index in [0.717, 1.165) is 62.0 Å². The average molecular weight is 499 g/mol. The van der Waals surface area contributed by atoms with E-state index in [9.17, 15) is 14.7 Å². The van der Waals surface area contributed by atoms with Crippen molar-refractivity contribution in [3.8, 4) is 11.1 Å². The number of carbonyl (C=O) groups excluding carboxylic acids is 1. The molecule has 2 N–H and O–H groups in total. The van der Waals surface area contributed by atoms with E-state index < -0.39 is 5.97 Å². The maximum Gasteiger partial charge on any atom is 0.304 e. The number of piperidine rings is 1. The highest BCUT2D eigenvalue weighted by atomic mass is 16.4. The van der Waals surface area contributed by atoms with Crippen LogP contribution < -0.4 is 5.32 Å². The van der Waals surface area contributed by atoms with E-state index in [1.165, 1.54) is 5.56 Å². The normalized spacial score (nSPS) is 16.2. The molecule has 0 aliphatic carbocycles. The second-order valence-corrected chi connectivity index (χ2v) is 10.6. The van der Waals surface area contributed by atoms with E-state index in [1.807, 2.05) is 54.6 Å². The number of nitrogens with one attached hydrogen (secondary N) is 1. The molecule has 5 nitrogen and oxygen atoms in total. The first-order valence-corrected chi connectivity index (χ1v) is 13.3. The number of likely N-dealkylation sites (tertiary alicyclic amines) is 1. The van der Waals surface area contributed by atoms with Gasteiger partial charge < -0.3 is 15.3 Å². The second-order valence-electron chi connectivity index (χ2n) is 10.6. The van der Waals surface area contributed by atoms with E-state index in [0.29, 0.717) is 5.56 Å². The zero-order chi connectivity index (χ0) is 26.3. The summed E-state index contributed by atoms with van der Waals surface area (Å²) >= 11 is 0. The Kier molecular flexibility index (Phi) is 8.78. The van der Waals surface area contributed by atoms with Gasteiger partial charge in [0.15, 0.2) is 0 Å². The summed E-state index contributed by atoms with van der Waals surface area (Å²) in [6.45, 7) is 6.94. The highest BCUT2D eigenvalue weighted by Crippen LogP contribution is 2.33. The van der Waals surface area contributed by atoms with E-state index >= 15 is 0 Å². The summed E-state index contributed by atoms with van der Waals surface area (Å²) in [6.07, 6.45) is 3.75. The quantitative estimate of drug-likeness (QED) is 0.356. The molecule has 0 spiro atoms. The summed E-state index contributed by atoms with van der Waals surface area (Å²) in [5, 5.41) is 12.8. The van der Waals surface area contributed by atoms with Crippen LogP contribution in [0.15, 0.2) is 78.9 Å². The minimum atomic E-state index is -0.758. The Bertz CT molecular complexity index is 1180. The predicted octanol–water partition coefficient (Wildman–Crippen LogP) is 6.07. The van der Waals surface area contributed by atoms with Gasteiger partial charge in [0.2, 0.25) is 0 Å². The second kappa shape index (κ2) is 12.2. The number of carbonyl (C=O) groups is 2. The zero-order valence-electron chi connectivity index (χ0n) is 22.0. The van der Waals surface area contributed by atoms with Crippen molar-refractivity contribution in [1.29, 1.82) is 0 Å². The first-order valence-electron chi connectivity index (χ1n) is 13.3. The van der Waals surface area contributed by atoms with Crippen molar-refractivity contribution >= 4 is 11.9 Å². The standard InChI is InChI=1S/C32H38N2O3/c1-24-13-15-25(16-14-24)28-11-6-7-12-29(28)31(37)33-27-17-21-34(22-18-27)20-8-19-32(2,23-30(35)36)26-9-4-3-5-10-26/h3-7,9-16,27H,8,17-23H2,1-2H3,(H,33,37)(H,35,36). The van der Waals surface area contributed by atoms with E-state index in [1.54, 1.807) is 0 Å². The number of rotatable bonds is 10. The van der Waals surface area contributed by atoms with Crippen LogP contribution in [0, 0.1) is 6.92 Å². The highest BCUT2D eigenvalue weighted by molar-refractivity contribution is 6.01. The van der Waals surface area contributed by atoms with Gasteiger partial charge in [-0.3, -0.25) is 9.59 Å². The molecular weight excluding hydrogens is 460 g/mol. The van der Waals surface area contributed by atoms with Gasteiger partial charge in [0, 0.05) is 30.1 Å². The minimum absolute atomic E-state index is 0.0121. The molecule has 37 heavy (non-hydrogen) atoms. The predicted molar refractivity (Wildman–Crippen MR) is 149 cm³/mol. The molecular formula is C32H38N2O3. The fraction of sp³-hybridized carbons (Fsp3) is 0.375. The van der Waals surface area contributed by atoms with Gasteiger partial charge >= 0.3 is 5.97 Å². The zero-order valence-corrected chi connectivity index (χ0v) is 22.0. The lowest BCUT2D eigenvalue weighted by Crippen LogP contribution is -2.45. The Morgan fingerprint density at radius 1 is 0.946 bits per heavy atom. The third kappa shape index (κ3) is 7.07. The van der Waals surface area contributed by atoms with Gasteiger partial charge in [-0.1, -0.05) is 85.3 Å². The van der Waals surface area contributed by atoms with Crippen molar-refractivity contribution in [1.82, 2.24) is 10.2 Å². The van der Waals surface area contributed by atoms with E-state index in [4.69, 9.17) is 0 Å². The smallest absolute Gasteiger partial charge is 0.304 e. The van der Waals surface area contributed by atoms with Crippen LogP contribution in [-0.4, -0.2) is 47.6 Å². The number of carboxylic acid groups (broad SMARTS) is 1. The molecule has 0 saturated carbocycles. The van der Waals surface area contributed by atoms with Gasteiger partial charge in [-0.2, -0.15) is 0 Å². The Morgan fingerprint density at radius 2 is 1.59 bits per heavy atom. The molecule has 194 valence electrons. The van der Waals surface area contributed by atoms with E-state index in [2.05, 4.69) is 48.3 Å². The number of benzene rings is 3. The molecule has 1 heterocycles. The highest BCUT2D eigenvalue weighted by Gasteiger charge is 2.30. The van der Waals surface area contributed by atoms with Crippen molar-refractivity contribution < 1.29 is 14.7 Å². The molecule has 1 atom stereocenters. The van der Waals surface area contributed by atoms with Crippen LogP contribution in [0.3, 0.4) is 0 Å². The number of hydrogen-bond acceptors (Lipinski definition) is 3. The summed E-state index contributed by atoms with van der Waals surface area (Å²) in [4.78, 5) is 27.2. The Balaban J connectivity index is 1.28. The fourth-order valence-corrected chi connectivity index (χ4v) is 5.43. The summed E-state index contributed by atoms with van der Waals surface area (Å²) in [5.74, 6) is -0.770. The average Bonchev–Trinajstić information content (AvgIpc) is 2.90. The van der Waals surface area contributed by atoms with Crippen LogP contribution in [0.25, 0.3) is 11.1 Å². The molecule has 5 heteroatoms. The van der Waals surface area contributed by atoms with Gasteiger partial charge in [-0.15, -0.1) is 0 Å². The van der Waals surface area contributed by atoms with Gasteiger partial charge in [0.05, 0.1) is 6.42 Å². The van der Waals surface area contributed by atoms with Crippen molar-refractivity contribution in [2.75, 3.05) is 19.6 Å². The van der Waals surface area contributed by atoms with Crippen LogP contribution in [0.1, 0.15) is 60.5 Å². The molecule has 3 aromatic carbocycles. The minimum Gasteiger partial charge on any atom is -0.481 e. The van der Waals surface area contributed by atoms with Gasteiger partial charge in [-0.25, -0.2) is 0 Å². The van der Waals surface area contributed by atoms with Crippen LogP contribution in [0.2, 0.25) is 0 Å². The fourth-order valence-electron chi connectivity index (χ4n) is 5.43. The molecule has 0 aromatic heterocycles. The lowest BCUT2D eigenvalue weighted by Gasteiger charge is -2.34. The number of amides is 1. The number of aliphatic carboxylic acids is 1. The number of nitrogens with zero attached hydrogens (tertiary/aromatic N) is 1. The van der Waals surface area contributed by atoms with Crippen LogP contribution >= 0.6 is 0 Å². The maximum absolute atomic E-state index is 13.2. The summed E-state index contributed by atoms with van der Waals surface area (Å²) < 4.78 is 0. The molecule has 1 aliphatic heterocycles. The van der Waals surface area contributed by atoms with Crippen LogP contribution in [0.4, 0.5) is 0 Å². The molecule has 1 unspecified atom stereocenters. The molecule has 0 bridgehead atoms. The number of carboxylic acids is 1. The summed E-state index contributed by atoms with van der Waals surface area (Å²) in [5.41, 5.74) is 4.64. The third-order valence-electron chi connectivity index (χ3n) is 7.67. The van der Waals surface area contributed by atoms with Gasteiger partial charge in [0.25, 0.3) is 5.91 Å². The molecule has 3 aromatic rings. The number of aryl methyl sites for hydroxylation is 1. The van der Waals surface area contributed by atoms with Crippen LogP contribution in [0.5, 0.6) is 0 Å². The summed E-state index contributed by atoms with van der Waals surface area (Å²) in [6, 6.07) is 26.3. The largest absolute Gasteiger partial charge is 0.481 e. The lowest BCUT2D eigenvalue weighted by molar-refractivity contribution is -0.138. The van der Waals surface area contributed by atoms with Crippen molar-refractivity contribution in [2.24, 2.45) is 0 Å². The molecule has 1 saturated heterocycles. The van der Waals surface area contributed by atoms with Crippen LogP contribution in [-0.2, 0) is 10.2 Å². The molecule has 0 radical (unpaired) electrons.